The predicted octanol–water partition coefficient (Wildman–Crippen LogP) is -3.70. The number of fused-ring (bicyclic) bond motifs is 1. The molecule has 0 saturated carbocycles. The second-order valence-corrected chi connectivity index (χ2v) is 32.3. The molecule has 0 aromatic heterocycles. The zero-order chi connectivity index (χ0) is 88.5. The number of esters is 1. The van der Waals surface area contributed by atoms with E-state index in [1.54, 1.807) is 34.6 Å². The smallest absolute Gasteiger partial charge is 0.329 e. The first kappa shape index (κ1) is 103. The van der Waals surface area contributed by atoms with Crippen molar-refractivity contribution in [1.29, 1.82) is 0 Å². The van der Waals surface area contributed by atoms with E-state index in [0.717, 1.165) is 22.6 Å². The van der Waals surface area contributed by atoms with Crippen LogP contribution in [0.25, 0.3) is 0 Å². The summed E-state index contributed by atoms with van der Waals surface area (Å²) in [5, 5.41) is 78.8. The summed E-state index contributed by atoms with van der Waals surface area (Å²) < 4.78 is 11.8. The summed E-state index contributed by atoms with van der Waals surface area (Å²) >= 11 is 0. The van der Waals surface area contributed by atoms with E-state index in [0.29, 0.717) is 12.3 Å². The molecule has 0 spiro atoms. The molecule has 2 heterocycles. The standard InChI is InChI=1S/C77H136N16O23/c1-16-39(6)32-40(7)33-41(8)62(100)45(12)67(104)84-49(21-19-28-78)68(105)83-48(25-27-56(81)96)63(101)64(102)74(111)90-59(43(10)44(11)66(82)103)71(108)91-61-65(42(9)38(4)5)116-77(114)54-23-17-18-30-93(54)76(113)52(35-58(98)99)87-72(109)60(46(13)115-15)89-57(97)34-47(24-26-55(80)95)92(14)75(112)51(31-37(2)3)86-69(106)50(22-20-29-79)85-70(107)53(36-94)88-73(61)110/h37-54,59-65,94,100-102H,16-36,78-79H2,1-15H3,(H2,80,95)(H2,81,96)(H2,82,103)(H,83,105)(H,84,104)(H,85,107)(H,86,106)(H,87,109)(H,88,110)(H,89,97)(H,90,111)(H,91,108)(H,98,99)/t39-,40-,41-,42-,43+,44-,45-,46-,47+,48+,49-,50-,51+,52-,53-,54+,59+,60+,61-,62-,63-,64-,65-/m1/s1. The summed E-state index contributed by atoms with van der Waals surface area (Å²) in [4.78, 5) is 230. The lowest BCUT2D eigenvalue weighted by Crippen LogP contribution is -2.65. The molecule has 39 heteroatoms. The Morgan fingerprint density at radius 3 is 1.78 bits per heavy atom. The van der Waals surface area contributed by atoms with Crippen molar-refractivity contribution >= 4 is 94.6 Å². The van der Waals surface area contributed by atoms with Gasteiger partial charge in [-0.1, -0.05) is 89.5 Å². The van der Waals surface area contributed by atoms with Gasteiger partial charge in [-0.2, -0.15) is 0 Å². The number of hydrogen-bond acceptors (Lipinski definition) is 24. The molecule has 0 aliphatic carbocycles. The molecule has 116 heavy (non-hydrogen) atoms. The van der Waals surface area contributed by atoms with Gasteiger partial charge >= 0.3 is 11.9 Å². The molecular weight excluding hydrogens is 1520 g/mol. The van der Waals surface area contributed by atoms with Crippen LogP contribution in [0.5, 0.6) is 0 Å². The maximum absolute atomic E-state index is 15.6. The number of nitrogens with zero attached hydrogens (tertiary/aromatic N) is 2. The van der Waals surface area contributed by atoms with Gasteiger partial charge in [0, 0.05) is 51.9 Å². The van der Waals surface area contributed by atoms with Crippen LogP contribution in [0.4, 0.5) is 0 Å². The van der Waals surface area contributed by atoms with Crippen molar-refractivity contribution in [2.45, 2.75) is 296 Å². The van der Waals surface area contributed by atoms with E-state index >= 15 is 19.2 Å². The number of cyclic esters (lactones) is 1. The lowest BCUT2D eigenvalue weighted by atomic mass is 9.83. The number of carbonyl (C=O) groups is 16. The second kappa shape index (κ2) is 50.8. The van der Waals surface area contributed by atoms with Crippen LogP contribution in [0.15, 0.2) is 0 Å². The second-order valence-electron chi connectivity index (χ2n) is 32.3. The first-order chi connectivity index (χ1) is 54.2. The summed E-state index contributed by atoms with van der Waals surface area (Å²) in [6.45, 7) is 19.9. The van der Waals surface area contributed by atoms with E-state index in [1.807, 2.05) is 0 Å². The van der Waals surface area contributed by atoms with Crippen LogP contribution in [0.1, 0.15) is 199 Å². The van der Waals surface area contributed by atoms with Crippen LogP contribution in [-0.2, 0) is 86.2 Å². The Balaban J connectivity index is 3.09. The van der Waals surface area contributed by atoms with Crippen LogP contribution in [0.2, 0.25) is 0 Å². The third-order valence-corrected chi connectivity index (χ3v) is 22.2. The highest BCUT2D eigenvalue weighted by molar-refractivity contribution is 5.99. The summed E-state index contributed by atoms with van der Waals surface area (Å²) in [7, 11) is 2.46. The third kappa shape index (κ3) is 33.0. The van der Waals surface area contributed by atoms with Gasteiger partial charge in [0.2, 0.25) is 76.8 Å². The van der Waals surface area contributed by atoms with Crippen LogP contribution in [0.3, 0.4) is 0 Å². The molecule has 0 unspecified atom stereocenters. The van der Waals surface area contributed by atoms with E-state index < -0.39 is 253 Å². The monoisotopic (exact) mass is 1650 g/mol. The molecule has 2 aliphatic rings. The minimum Gasteiger partial charge on any atom is -0.481 e. The van der Waals surface area contributed by atoms with Crippen LogP contribution >= 0.6 is 0 Å². The molecule has 0 aromatic rings. The molecule has 0 radical (unpaired) electrons. The first-order valence-corrected chi connectivity index (χ1v) is 40.4. The lowest BCUT2D eigenvalue weighted by molar-refractivity contribution is -0.168. The number of hydrogen-bond donors (Lipinski definition) is 19. The number of aliphatic carboxylic acids is 1. The summed E-state index contributed by atoms with van der Waals surface area (Å²) in [5.41, 5.74) is 28.6. The molecule has 662 valence electrons. The zero-order valence-electron chi connectivity index (χ0n) is 70.1. The van der Waals surface area contributed by atoms with Gasteiger partial charge in [0.25, 0.3) is 5.91 Å². The number of ether oxygens (including phenoxy) is 2. The van der Waals surface area contributed by atoms with Crippen molar-refractivity contribution < 1.29 is 112 Å². The number of piperidine rings is 1. The number of rotatable bonds is 41. The summed E-state index contributed by atoms with van der Waals surface area (Å²) in [6, 6.07) is -19.4. The fourth-order valence-electron chi connectivity index (χ4n) is 14.1. The highest BCUT2D eigenvalue weighted by Crippen LogP contribution is 2.30. The Morgan fingerprint density at radius 1 is 0.638 bits per heavy atom. The predicted molar refractivity (Wildman–Crippen MR) is 422 cm³/mol. The number of methoxy groups -OCH3 is 1. The van der Waals surface area contributed by atoms with Gasteiger partial charge in [-0.15, -0.1) is 0 Å². The summed E-state index contributed by atoms with van der Waals surface area (Å²) in [6.07, 6.45) is -10.6. The Hall–Kier alpha value is -8.76. The molecule has 2 aliphatic heterocycles. The normalized spacial score (nSPS) is 24.5. The van der Waals surface area contributed by atoms with E-state index in [2.05, 4.69) is 68.6 Å². The SMILES string of the molecule is CC[C@@H](C)C[C@@H](C)C[C@@H](C)[C@@H](O)[C@@H](C)C(=O)N[C@H](CCCN)C(=O)N[C@@H](CCC(N)=O)[C@@H](O)[C@@H](O)C(=O)N[C@H](C(=O)N[C@H]1C(=O)N[C@H](CO)C(=O)N[C@H](CCCN)C(=O)N[C@@H](CC(C)C)C(=O)N(C)[C@@H](CCC(N)=O)CC(=O)N[C@@H]([C@@H](C)OC)C(=O)N[C@H](CC(=O)O)C(=O)N2CCCC[C@H]2C(=O)O[C@@H]1[C@H](C)C(C)C)[C@@H](C)[C@@H](C)C(N)=O. The molecule has 14 amide bonds. The van der Waals surface area contributed by atoms with Crippen LogP contribution in [-0.4, -0.2) is 267 Å². The van der Waals surface area contributed by atoms with Crippen molar-refractivity contribution in [3.05, 3.63) is 0 Å². The van der Waals surface area contributed by atoms with Gasteiger partial charge < -0.3 is 121 Å². The minimum absolute atomic E-state index is 0.0295. The van der Waals surface area contributed by atoms with E-state index in [4.69, 9.17) is 38.1 Å². The Morgan fingerprint density at radius 2 is 1.23 bits per heavy atom. The molecule has 0 bridgehead atoms. The number of carboxylic acids is 1. The highest BCUT2D eigenvalue weighted by atomic mass is 16.5. The maximum atomic E-state index is 15.6. The number of primary amides is 3. The Kier molecular flexibility index (Phi) is 45.2. The van der Waals surface area contributed by atoms with Gasteiger partial charge in [0.05, 0.1) is 37.2 Å². The number of nitrogens with two attached hydrogens (primary N) is 5. The number of amides is 14. The average Bonchev–Trinajstić information content (AvgIpc) is 0.801. The molecule has 2 saturated heterocycles. The van der Waals surface area contributed by atoms with Crippen molar-refractivity contribution in [3.63, 3.8) is 0 Å². The number of aliphatic hydroxyl groups is 4. The van der Waals surface area contributed by atoms with Crippen molar-refractivity contribution in [2.24, 2.45) is 81.9 Å². The number of aliphatic hydroxyl groups excluding tert-OH is 4. The third-order valence-electron chi connectivity index (χ3n) is 22.2. The number of carboxylic acid groups (broad SMARTS) is 1. The Labute approximate surface area is 679 Å². The fraction of sp³-hybridized carbons (Fsp3) is 0.792. The van der Waals surface area contributed by atoms with Gasteiger partial charge in [-0.25, -0.2) is 4.79 Å². The molecule has 2 fully saturated rings. The number of carbonyl (C=O) groups excluding carboxylic acids is 15. The molecule has 23 atom stereocenters. The average molecular weight is 1650 g/mol. The van der Waals surface area contributed by atoms with Gasteiger partial charge in [-0.05, 0) is 138 Å². The molecule has 2 rings (SSSR count). The van der Waals surface area contributed by atoms with Crippen molar-refractivity contribution in [2.75, 3.05) is 40.4 Å². The highest BCUT2D eigenvalue weighted by Gasteiger charge is 2.48. The largest absolute Gasteiger partial charge is 0.481 e. The van der Waals surface area contributed by atoms with E-state index in [-0.39, 0.29) is 102 Å². The van der Waals surface area contributed by atoms with Gasteiger partial charge in [0.15, 0.2) is 6.10 Å². The van der Waals surface area contributed by atoms with Crippen molar-refractivity contribution in [1.82, 2.24) is 57.7 Å². The first-order valence-electron chi connectivity index (χ1n) is 40.4. The van der Waals surface area contributed by atoms with E-state index in [9.17, 15) is 83.1 Å². The van der Waals surface area contributed by atoms with Crippen LogP contribution < -0.4 is 76.5 Å². The fourth-order valence-corrected chi connectivity index (χ4v) is 14.1. The quantitative estimate of drug-likeness (QED) is 0.0262. The molecule has 24 N–H and O–H groups in total. The van der Waals surface area contributed by atoms with Gasteiger partial charge in [0.1, 0.15) is 66.6 Å². The van der Waals surface area contributed by atoms with E-state index in [1.165, 1.54) is 48.8 Å². The van der Waals surface area contributed by atoms with Gasteiger partial charge in [-0.3, -0.25) is 71.9 Å². The topological polar surface area (TPSA) is 638 Å². The van der Waals surface area contributed by atoms with Crippen molar-refractivity contribution in [3.8, 4) is 0 Å². The lowest BCUT2D eigenvalue weighted by Gasteiger charge is -2.39. The zero-order valence-corrected chi connectivity index (χ0v) is 70.1. The number of likely N-dealkylation sites (N-methyl/N-ethyl adjacent to an activating group) is 1. The minimum atomic E-state index is -2.69. The Bertz CT molecular complexity index is 3300. The maximum Gasteiger partial charge on any atom is 0.329 e. The summed E-state index contributed by atoms with van der Waals surface area (Å²) in [5.74, 6) is -24.2. The molecular formula is C77H136N16O23. The van der Waals surface area contributed by atoms with Crippen LogP contribution in [0, 0.1) is 53.3 Å². The number of nitrogens with one attached hydrogen (secondary N) is 9. The molecule has 39 nitrogen and oxygen atoms in total. The molecule has 0 aromatic carbocycles.